The Balaban J connectivity index is 1.84. The summed E-state index contributed by atoms with van der Waals surface area (Å²) in [5, 5.41) is 9.48. The summed E-state index contributed by atoms with van der Waals surface area (Å²) in [5.41, 5.74) is 3.93. The summed E-state index contributed by atoms with van der Waals surface area (Å²) in [6.07, 6.45) is 5.85. The highest BCUT2D eigenvalue weighted by atomic mass is 79.9. The van der Waals surface area contributed by atoms with Gasteiger partial charge in [0, 0.05) is 28.8 Å². The van der Waals surface area contributed by atoms with Crippen LogP contribution in [0.1, 0.15) is 30.4 Å². The van der Waals surface area contributed by atoms with Gasteiger partial charge in [-0.2, -0.15) is 5.26 Å². The normalized spacial score (nSPS) is 15.3. The summed E-state index contributed by atoms with van der Waals surface area (Å²) in [5.74, 6) is 0. The Kier molecular flexibility index (Phi) is 5.15. The molecule has 0 aromatic heterocycles. The fourth-order valence-electron chi connectivity index (χ4n) is 2.95. The van der Waals surface area contributed by atoms with Gasteiger partial charge in [0.15, 0.2) is 0 Å². The van der Waals surface area contributed by atoms with Crippen LogP contribution in [0.15, 0.2) is 53.0 Å². The van der Waals surface area contributed by atoms with Crippen LogP contribution in [0.5, 0.6) is 0 Å². The number of piperidine rings is 1. The van der Waals surface area contributed by atoms with Crippen molar-refractivity contribution in [2.75, 3.05) is 18.0 Å². The molecule has 3 heteroatoms. The van der Waals surface area contributed by atoms with Gasteiger partial charge in [-0.05, 0) is 49.1 Å². The molecule has 0 saturated carbocycles. The summed E-state index contributed by atoms with van der Waals surface area (Å²) in [6.45, 7) is 2.30. The van der Waals surface area contributed by atoms with Crippen LogP contribution in [0.25, 0.3) is 11.6 Å². The summed E-state index contributed by atoms with van der Waals surface area (Å²) in [7, 11) is 0. The van der Waals surface area contributed by atoms with E-state index < -0.39 is 0 Å². The van der Waals surface area contributed by atoms with E-state index in [9.17, 15) is 5.26 Å². The maximum Gasteiger partial charge on any atom is 0.0998 e. The van der Waals surface area contributed by atoms with Crippen LogP contribution in [0.4, 0.5) is 5.69 Å². The molecular weight excluding hydrogens is 348 g/mol. The van der Waals surface area contributed by atoms with Crippen molar-refractivity contribution in [3.05, 3.63) is 64.1 Å². The predicted molar refractivity (Wildman–Crippen MR) is 100 cm³/mol. The lowest BCUT2D eigenvalue weighted by Gasteiger charge is -2.28. The second-order valence-electron chi connectivity index (χ2n) is 5.79. The van der Waals surface area contributed by atoms with Gasteiger partial charge >= 0.3 is 0 Å². The molecule has 1 fully saturated rings. The van der Waals surface area contributed by atoms with Gasteiger partial charge in [0.05, 0.1) is 11.6 Å². The number of anilines is 1. The van der Waals surface area contributed by atoms with E-state index in [1.807, 2.05) is 30.3 Å². The molecule has 1 aliphatic heterocycles. The smallest absolute Gasteiger partial charge is 0.0998 e. The molecule has 0 amide bonds. The number of allylic oxidation sites excluding steroid dienone is 1. The van der Waals surface area contributed by atoms with E-state index in [-0.39, 0.29) is 0 Å². The zero-order valence-electron chi connectivity index (χ0n) is 13.0. The number of benzene rings is 2. The molecule has 1 heterocycles. The molecule has 2 aromatic carbocycles. The lowest BCUT2D eigenvalue weighted by molar-refractivity contribution is 0.578. The molecule has 0 spiro atoms. The molecule has 3 rings (SSSR count). The average Bonchev–Trinajstić information content (AvgIpc) is 2.62. The molecule has 2 aromatic rings. The van der Waals surface area contributed by atoms with Crippen LogP contribution in [0.2, 0.25) is 0 Å². The zero-order chi connectivity index (χ0) is 16.1. The van der Waals surface area contributed by atoms with Crippen molar-refractivity contribution >= 4 is 33.3 Å². The first-order valence-corrected chi connectivity index (χ1v) is 8.79. The molecule has 0 bridgehead atoms. The van der Waals surface area contributed by atoms with Crippen LogP contribution in [0, 0.1) is 11.3 Å². The first-order chi connectivity index (χ1) is 11.3. The van der Waals surface area contributed by atoms with Gasteiger partial charge in [-0.3, -0.25) is 0 Å². The highest BCUT2D eigenvalue weighted by Crippen LogP contribution is 2.26. The maximum absolute atomic E-state index is 9.48. The Hall–Kier alpha value is -2.05. The first kappa shape index (κ1) is 15.8. The molecule has 1 saturated heterocycles. The third-order valence-electron chi connectivity index (χ3n) is 4.21. The third-order valence-corrected chi connectivity index (χ3v) is 4.90. The third kappa shape index (κ3) is 3.83. The Morgan fingerprint density at radius 3 is 2.35 bits per heavy atom. The van der Waals surface area contributed by atoms with E-state index >= 15 is 0 Å². The predicted octanol–water partition coefficient (Wildman–Crippen LogP) is 5.50. The van der Waals surface area contributed by atoms with Crippen molar-refractivity contribution < 1.29 is 0 Å². The van der Waals surface area contributed by atoms with E-state index in [4.69, 9.17) is 0 Å². The van der Waals surface area contributed by atoms with Crippen LogP contribution < -0.4 is 4.90 Å². The van der Waals surface area contributed by atoms with Crippen molar-refractivity contribution in [1.82, 2.24) is 0 Å². The highest BCUT2D eigenvalue weighted by molar-refractivity contribution is 9.10. The molecule has 0 unspecified atom stereocenters. The van der Waals surface area contributed by atoms with Gasteiger partial charge in [0.1, 0.15) is 0 Å². The molecule has 1 aliphatic rings. The fourth-order valence-corrected chi connectivity index (χ4v) is 3.45. The number of nitrogens with zero attached hydrogens (tertiary/aromatic N) is 2. The summed E-state index contributed by atoms with van der Waals surface area (Å²) < 4.78 is 0.942. The van der Waals surface area contributed by atoms with Crippen molar-refractivity contribution in [2.45, 2.75) is 19.3 Å². The van der Waals surface area contributed by atoms with Gasteiger partial charge in [-0.1, -0.05) is 46.3 Å². The van der Waals surface area contributed by atoms with Crippen LogP contribution in [-0.4, -0.2) is 13.1 Å². The minimum Gasteiger partial charge on any atom is -0.372 e. The first-order valence-electron chi connectivity index (χ1n) is 7.99. The minimum atomic E-state index is 0.670. The number of hydrogen-bond donors (Lipinski definition) is 0. The standard InChI is InChI=1S/C20H19BrN2/c21-20-7-3-2-6-19(20)17(15-22)14-16-8-10-18(11-9-16)23-12-4-1-5-13-23/h2-3,6-11,14H,1,4-5,12-13H2/b17-14+. The molecule has 2 nitrogen and oxygen atoms in total. The van der Waals surface area contributed by atoms with Crippen molar-refractivity contribution in [3.8, 4) is 6.07 Å². The SMILES string of the molecule is N#C/C(=C\c1ccc(N2CCCCC2)cc1)c1ccccc1Br. The number of hydrogen-bond acceptors (Lipinski definition) is 2. The summed E-state index contributed by atoms with van der Waals surface area (Å²) in [6, 6.07) is 18.6. The molecule has 0 aliphatic carbocycles. The second kappa shape index (κ2) is 7.48. The van der Waals surface area contributed by atoms with Crippen molar-refractivity contribution in [1.29, 1.82) is 5.26 Å². The molecule has 23 heavy (non-hydrogen) atoms. The Labute approximate surface area is 146 Å². The molecule has 0 N–H and O–H groups in total. The quantitative estimate of drug-likeness (QED) is 0.529. The van der Waals surface area contributed by atoms with Crippen LogP contribution >= 0.6 is 15.9 Å². The molecular formula is C20H19BrN2. The largest absolute Gasteiger partial charge is 0.372 e. The number of halogens is 1. The van der Waals surface area contributed by atoms with Crippen molar-refractivity contribution in [2.24, 2.45) is 0 Å². The summed E-state index contributed by atoms with van der Waals surface area (Å²) in [4.78, 5) is 2.44. The van der Waals surface area contributed by atoms with Crippen molar-refractivity contribution in [3.63, 3.8) is 0 Å². The van der Waals surface area contributed by atoms with Gasteiger partial charge in [0.25, 0.3) is 0 Å². The fraction of sp³-hybridized carbons (Fsp3) is 0.250. The average molecular weight is 367 g/mol. The topological polar surface area (TPSA) is 27.0 Å². The monoisotopic (exact) mass is 366 g/mol. The molecule has 0 atom stereocenters. The van der Waals surface area contributed by atoms with E-state index in [0.29, 0.717) is 5.57 Å². The minimum absolute atomic E-state index is 0.670. The Morgan fingerprint density at radius 1 is 1.00 bits per heavy atom. The molecule has 0 radical (unpaired) electrons. The van der Waals surface area contributed by atoms with Gasteiger partial charge in [0.2, 0.25) is 0 Å². The Bertz CT molecular complexity index is 735. The van der Waals surface area contributed by atoms with E-state index in [1.54, 1.807) is 0 Å². The van der Waals surface area contributed by atoms with Crippen LogP contribution in [-0.2, 0) is 0 Å². The second-order valence-corrected chi connectivity index (χ2v) is 6.64. The maximum atomic E-state index is 9.48. The zero-order valence-corrected chi connectivity index (χ0v) is 14.6. The lowest BCUT2D eigenvalue weighted by Crippen LogP contribution is -2.29. The van der Waals surface area contributed by atoms with E-state index in [0.717, 1.165) is 28.7 Å². The lowest BCUT2D eigenvalue weighted by atomic mass is 10.0. The number of rotatable bonds is 3. The summed E-state index contributed by atoms with van der Waals surface area (Å²) >= 11 is 3.52. The van der Waals surface area contributed by atoms with Gasteiger partial charge in [-0.15, -0.1) is 0 Å². The highest BCUT2D eigenvalue weighted by Gasteiger charge is 2.10. The van der Waals surface area contributed by atoms with E-state index in [1.165, 1.54) is 24.9 Å². The molecule has 116 valence electrons. The van der Waals surface area contributed by atoms with Gasteiger partial charge < -0.3 is 4.90 Å². The number of nitriles is 1. The Morgan fingerprint density at radius 2 is 1.70 bits per heavy atom. The van der Waals surface area contributed by atoms with Gasteiger partial charge in [-0.25, -0.2) is 0 Å². The van der Waals surface area contributed by atoms with Crippen LogP contribution in [0.3, 0.4) is 0 Å². The van der Waals surface area contributed by atoms with E-state index in [2.05, 4.69) is 51.2 Å².